The Kier molecular flexibility index (Phi) is 4.71. The number of amides is 2. The van der Waals surface area contributed by atoms with Gasteiger partial charge < -0.3 is 10.2 Å². The van der Waals surface area contributed by atoms with Crippen LogP contribution in [0.4, 0.5) is 0 Å². The molecule has 2 aliphatic rings. The normalized spacial score (nSPS) is 26.9. The monoisotopic (exact) mass is 280 g/mol. The van der Waals surface area contributed by atoms with E-state index in [0.29, 0.717) is 18.4 Å². The zero-order chi connectivity index (χ0) is 14.8. The fourth-order valence-corrected chi connectivity index (χ4v) is 3.23. The molecule has 0 radical (unpaired) electrons. The molecule has 2 atom stereocenters. The van der Waals surface area contributed by atoms with E-state index in [2.05, 4.69) is 19.2 Å². The number of rotatable bonds is 6. The summed E-state index contributed by atoms with van der Waals surface area (Å²) in [6, 6.07) is -0.326. The lowest BCUT2D eigenvalue weighted by Crippen LogP contribution is -2.49. The molecule has 1 aliphatic heterocycles. The zero-order valence-electron chi connectivity index (χ0n) is 13.1. The summed E-state index contributed by atoms with van der Waals surface area (Å²) < 4.78 is 0. The highest BCUT2D eigenvalue weighted by Gasteiger charge is 2.45. The van der Waals surface area contributed by atoms with Crippen LogP contribution >= 0.6 is 0 Å². The van der Waals surface area contributed by atoms with Crippen LogP contribution in [0.3, 0.4) is 0 Å². The molecule has 0 bridgehead atoms. The van der Waals surface area contributed by atoms with Gasteiger partial charge in [0.2, 0.25) is 11.8 Å². The van der Waals surface area contributed by atoms with Crippen LogP contribution in [0.2, 0.25) is 0 Å². The Bertz CT molecular complexity index is 377. The van der Waals surface area contributed by atoms with Crippen LogP contribution in [0.1, 0.15) is 59.3 Å². The van der Waals surface area contributed by atoms with Crippen LogP contribution < -0.4 is 5.32 Å². The second-order valence-electron chi connectivity index (χ2n) is 6.69. The van der Waals surface area contributed by atoms with E-state index >= 15 is 0 Å². The molecule has 4 heteroatoms. The first kappa shape index (κ1) is 15.3. The first-order valence-electron chi connectivity index (χ1n) is 8.09. The Hall–Kier alpha value is -1.06. The molecule has 2 amide bonds. The first-order chi connectivity index (χ1) is 9.51. The van der Waals surface area contributed by atoms with Gasteiger partial charge in [-0.2, -0.15) is 0 Å². The van der Waals surface area contributed by atoms with Crippen molar-refractivity contribution in [3.8, 4) is 0 Å². The second kappa shape index (κ2) is 6.15. The lowest BCUT2D eigenvalue weighted by Gasteiger charge is -2.30. The molecular weight excluding hydrogens is 252 g/mol. The smallest absolute Gasteiger partial charge is 0.245 e. The van der Waals surface area contributed by atoms with Crippen LogP contribution in [0.5, 0.6) is 0 Å². The summed E-state index contributed by atoms with van der Waals surface area (Å²) in [6.07, 6.45) is 6.20. The predicted octanol–water partition coefficient (Wildman–Crippen LogP) is 2.33. The molecule has 1 aliphatic carbocycles. The standard InChI is InChI=1S/C16H28N2O2/c1-4-7-16(8-9-16)11-18-10-6-13(19)17-14(15(18)20)12(3)5-2/h12,14H,4-11H2,1-3H3,(H,17,19). The zero-order valence-corrected chi connectivity index (χ0v) is 13.1. The van der Waals surface area contributed by atoms with Gasteiger partial charge in [0.1, 0.15) is 6.04 Å². The fourth-order valence-electron chi connectivity index (χ4n) is 3.23. The third kappa shape index (κ3) is 3.33. The number of nitrogens with one attached hydrogen (secondary N) is 1. The quantitative estimate of drug-likeness (QED) is 0.812. The summed E-state index contributed by atoms with van der Waals surface area (Å²) in [5.41, 5.74) is 0.359. The van der Waals surface area contributed by atoms with Crippen molar-refractivity contribution >= 4 is 11.8 Å². The molecule has 114 valence electrons. The van der Waals surface area contributed by atoms with Gasteiger partial charge in [0.15, 0.2) is 0 Å². The Labute approximate surface area is 122 Å². The molecule has 0 aromatic carbocycles. The lowest BCUT2D eigenvalue weighted by molar-refractivity contribution is -0.135. The van der Waals surface area contributed by atoms with E-state index in [4.69, 9.17) is 0 Å². The summed E-state index contributed by atoms with van der Waals surface area (Å²) in [7, 11) is 0. The number of carbonyl (C=O) groups excluding carboxylic acids is 2. The van der Waals surface area contributed by atoms with Crippen molar-refractivity contribution in [3.05, 3.63) is 0 Å². The Balaban J connectivity index is 2.07. The molecule has 1 heterocycles. The van der Waals surface area contributed by atoms with Crippen molar-refractivity contribution in [1.82, 2.24) is 10.2 Å². The van der Waals surface area contributed by atoms with Crippen LogP contribution in [0, 0.1) is 11.3 Å². The van der Waals surface area contributed by atoms with E-state index in [1.165, 1.54) is 25.7 Å². The Morgan fingerprint density at radius 1 is 1.35 bits per heavy atom. The van der Waals surface area contributed by atoms with Crippen molar-refractivity contribution in [1.29, 1.82) is 0 Å². The average Bonchev–Trinajstić information content (AvgIpc) is 3.20. The molecule has 20 heavy (non-hydrogen) atoms. The predicted molar refractivity (Wildman–Crippen MR) is 79.2 cm³/mol. The van der Waals surface area contributed by atoms with Crippen LogP contribution in [0.15, 0.2) is 0 Å². The van der Waals surface area contributed by atoms with E-state index in [1.807, 2.05) is 11.8 Å². The molecule has 4 nitrogen and oxygen atoms in total. The summed E-state index contributed by atoms with van der Waals surface area (Å²) in [6.45, 7) is 7.76. The van der Waals surface area contributed by atoms with Crippen molar-refractivity contribution in [3.63, 3.8) is 0 Å². The van der Waals surface area contributed by atoms with Crippen molar-refractivity contribution in [2.45, 2.75) is 65.3 Å². The fraction of sp³-hybridized carbons (Fsp3) is 0.875. The largest absolute Gasteiger partial charge is 0.344 e. The minimum Gasteiger partial charge on any atom is -0.344 e. The maximum Gasteiger partial charge on any atom is 0.245 e. The third-order valence-electron chi connectivity index (χ3n) is 4.98. The highest BCUT2D eigenvalue weighted by atomic mass is 16.2. The van der Waals surface area contributed by atoms with Gasteiger partial charge in [-0.3, -0.25) is 9.59 Å². The van der Waals surface area contributed by atoms with Gasteiger partial charge >= 0.3 is 0 Å². The highest BCUT2D eigenvalue weighted by molar-refractivity contribution is 5.90. The SMILES string of the molecule is CCCC1(CN2CCC(=O)NC(C(C)CC)C2=O)CC1. The van der Waals surface area contributed by atoms with Gasteiger partial charge in [-0.15, -0.1) is 0 Å². The van der Waals surface area contributed by atoms with Crippen molar-refractivity contribution < 1.29 is 9.59 Å². The van der Waals surface area contributed by atoms with Crippen molar-refractivity contribution in [2.24, 2.45) is 11.3 Å². The van der Waals surface area contributed by atoms with Gasteiger partial charge in [-0.1, -0.05) is 33.6 Å². The minimum absolute atomic E-state index is 0.0199. The van der Waals surface area contributed by atoms with E-state index in [1.54, 1.807) is 0 Å². The molecule has 1 saturated heterocycles. The number of nitrogens with zero attached hydrogens (tertiary/aromatic N) is 1. The summed E-state index contributed by atoms with van der Waals surface area (Å²) >= 11 is 0. The Morgan fingerprint density at radius 3 is 2.60 bits per heavy atom. The van der Waals surface area contributed by atoms with Crippen LogP contribution in [-0.2, 0) is 9.59 Å². The minimum atomic E-state index is -0.326. The van der Waals surface area contributed by atoms with Gasteiger partial charge in [0, 0.05) is 19.5 Å². The topological polar surface area (TPSA) is 49.4 Å². The van der Waals surface area contributed by atoms with Gasteiger partial charge in [0.05, 0.1) is 0 Å². The number of hydrogen-bond acceptors (Lipinski definition) is 2. The van der Waals surface area contributed by atoms with E-state index in [9.17, 15) is 9.59 Å². The molecule has 0 aromatic rings. The molecule has 0 aromatic heterocycles. The highest BCUT2D eigenvalue weighted by Crippen LogP contribution is 2.50. The number of hydrogen-bond donors (Lipinski definition) is 1. The lowest BCUT2D eigenvalue weighted by atomic mass is 9.96. The van der Waals surface area contributed by atoms with Gasteiger partial charge in [0.25, 0.3) is 0 Å². The molecule has 2 unspecified atom stereocenters. The van der Waals surface area contributed by atoms with E-state index < -0.39 is 0 Å². The molecule has 2 rings (SSSR count). The van der Waals surface area contributed by atoms with Gasteiger partial charge in [-0.05, 0) is 30.6 Å². The average molecular weight is 280 g/mol. The molecule has 1 N–H and O–H groups in total. The maximum absolute atomic E-state index is 12.7. The Morgan fingerprint density at radius 2 is 2.05 bits per heavy atom. The summed E-state index contributed by atoms with van der Waals surface area (Å²) in [4.78, 5) is 26.5. The molecule has 2 fully saturated rings. The van der Waals surface area contributed by atoms with E-state index in [0.717, 1.165) is 13.0 Å². The number of carbonyl (C=O) groups is 2. The third-order valence-corrected chi connectivity index (χ3v) is 4.98. The molecule has 1 saturated carbocycles. The maximum atomic E-state index is 12.7. The second-order valence-corrected chi connectivity index (χ2v) is 6.69. The van der Waals surface area contributed by atoms with Crippen LogP contribution in [0.25, 0.3) is 0 Å². The van der Waals surface area contributed by atoms with Gasteiger partial charge in [-0.25, -0.2) is 0 Å². The molecule has 0 spiro atoms. The van der Waals surface area contributed by atoms with Crippen LogP contribution in [-0.4, -0.2) is 35.8 Å². The summed E-state index contributed by atoms with van der Waals surface area (Å²) in [5.74, 6) is 0.354. The first-order valence-corrected chi connectivity index (χ1v) is 8.09. The van der Waals surface area contributed by atoms with E-state index in [-0.39, 0.29) is 23.8 Å². The molecular formula is C16H28N2O2. The van der Waals surface area contributed by atoms with Crippen molar-refractivity contribution in [2.75, 3.05) is 13.1 Å². The summed E-state index contributed by atoms with van der Waals surface area (Å²) in [5, 5.41) is 2.92.